The molecule has 0 amide bonds. The number of rotatable bonds is 3. The van der Waals surface area contributed by atoms with Crippen molar-refractivity contribution in [1.82, 2.24) is 0 Å². The molecule has 1 aromatic carbocycles. The fourth-order valence-corrected chi connectivity index (χ4v) is 3.17. The van der Waals surface area contributed by atoms with Crippen molar-refractivity contribution in [2.75, 3.05) is 7.11 Å². The quantitative estimate of drug-likeness (QED) is 0.890. The molecule has 112 valence electrons. The summed E-state index contributed by atoms with van der Waals surface area (Å²) in [5.74, 6) is -0.397. The Labute approximate surface area is 124 Å². The van der Waals surface area contributed by atoms with Gasteiger partial charge in [-0.2, -0.15) is 0 Å². The maximum Gasteiger partial charge on any atom is 0.123 e. The summed E-state index contributed by atoms with van der Waals surface area (Å²) < 4.78 is 19.1. The minimum Gasteiger partial charge on any atom is -0.385 e. The van der Waals surface area contributed by atoms with Gasteiger partial charge in [0.2, 0.25) is 0 Å². The predicted molar refractivity (Wildman–Crippen MR) is 78.4 cm³/mol. The Bertz CT molecular complexity index is 477. The first-order chi connectivity index (χ1) is 9.30. The van der Waals surface area contributed by atoms with E-state index in [0.29, 0.717) is 10.6 Å². The summed E-state index contributed by atoms with van der Waals surface area (Å²) >= 11 is 6.10. The maximum absolute atomic E-state index is 13.4. The normalized spacial score (nSPS) is 22.5. The lowest BCUT2D eigenvalue weighted by atomic mass is 9.68. The first-order valence-electron chi connectivity index (χ1n) is 6.98. The molecule has 0 aliphatic heterocycles. The molecule has 2 nitrogen and oxygen atoms in total. The summed E-state index contributed by atoms with van der Waals surface area (Å²) in [7, 11) is 1.61. The van der Waals surface area contributed by atoms with Crippen LogP contribution in [0.2, 0.25) is 5.02 Å². The van der Waals surface area contributed by atoms with Crippen molar-refractivity contribution in [3.8, 4) is 0 Å². The molecular formula is C16H22ClFO2. The lowest BCUT2D eigenvalue weighted by Crippen LogP contribution is -2.44. The van der Waals surface area contributed by atoms with Gasteiger partial charge in [-0.3, -0.25) is 0 Å². The highest BCUT2D eigenvalue weighted by Gasteiger charge is 2.44. The Hall–Kier alpha value is -0.640. The van der Waals surface area contributed by atoms with Crippen molar-refractivity contribution >= 4 is 11.6 Å². The SMILES string of the molecule is COC1(C(O)c2cc(F)ccc2Cl)CCC(C)(C)CC1. The van der Waals surface area contributed by atoms with Gasteiger partial charge < -0.3 is 9.84 Å². The van der Waals surface area contributed by atoms with Gasteiger partial charge in [0, 0.05) is 17.7 Å². The van der Waals surface area contributed by atoms with Gasteiger partial charge in [-0.25, -0.2) is 4.39 Å². The number of aliphatic hydroxyl groups is 1. The third-order valence-electron chi connectivity index (χ3n) is 4.61. The van der Waals surface area contributed by atoms with Crippen molar-refractivity contribution in [1.29, 1.82) is 0 Å². The molecule has 1 aliphatic rings. The molecule has 2 rings (SSSR count). The van der Waals surface area contributed by atoms with Crippen LogP contribution in [0.4, 0.5) is 4.39 Å². The van der Waals surface area contributed by atoms with Crippen molar-refractivity contribution in [2.24, 2.45) is 5.41 Å². The van der Waals surface area contributed by atoms with Crippen LogP contribution in [-0.2, 0) is 4.74 Å². The van der Waals surface area contributed by atoms with E-state index < -0.39 is 17.5 Å². The molecule has 4 heteroatoms. The molecule has 0 heterocycles. The fourth-order valence-electron chi connectivity index (χ4n) is 2.95. The van der Waals surface area contributed by atoms with Crippen LogP contribution >= 0.6 is 11.6 Å². The molecule has 1 aliphatic carbocycles. The molecule has 1 fully saturated rings. The molecule has 1 unspecified atom stereocenters. The van der Waals surface area contributed by atoms with Gasteiger partial charge >= 0.3 is 0 Å². The highest BCUT2D eigenvalue weighted by molar-refractivity contribution is 6.31. The lowest BCUT2D eigenvalue weighted by Gasteiger charge is -2.45. The van der Waals surface area contributed by atoms with E-state index in [2.05, 4.69) is 13.8 Å². The summed E-state index contributed by atoms with van der Waals surface area (Å²) in [4.78, 5) is 0. The number of ether oxygens (including phenoxy) is 1. The van der Waals surface area contributed by atoms with Gasteiger partial charge in [0.25, 0.3) is 0 Å². The van der Waals surface area contributed by atoms with Crippen molar-refractivity contribution in [2.45, 2.75) is 51.2 Å². The topological polar surface area (TPSA) is 29.5 Å². The zero-order valence-electron chi connectivity index (χ0n) is 12.2. The number of benzene rings is 1. The molecule has 0 bridgehead atoms. The van der Waals surface area contributed by atoms with Crippen LogP contribution in [0, 0.1) is 11.2 Å². The summed E-state index contributed by atoms with van der Waals surface area (Å²) in [6.45, 7) is 4.43. The minimum absolute atomic E-state index is 0.257. The molecule has 0 saturated heterocycles. The van der Waals surface area contributed by atoms with E-state index in [4.69, 9.17) is 16.3 Å². The van der Waals surface area contributed by atoms with Gasteiger partial charge in [0.05, 0.1) is 5.60 Å². The Kier molecular flexibility index (Phi) is 4.43. The van der Waals surface area contributed by atoms with Crippen LogP contribution in [0.15, 0.2) is 18.2 Å². The molecule has 0 aromatic heterocycles. The van der Waals surface area contributed by atoms with E-state index in [1.165, 1.54) is 18.2 Å². The average molecular weight is 301 g/mol. The summed E-state index contributed by atoms with van der Waals surface area (Å²) in [5, 5.41) is 11.1. The minimum atomic E-state index is -0.910. The highest BCUT2D eigenvalue weighted by Crippen LogP contribution is 2.48. The fraction of sp³-hybridized carbons (Fsp3) is 0.625. The Balaban J connectivity index is 2.30. The summed E-state index contributed by atoms with van der Waals surface area (Å²) in [6, 6.07) is 4.07. The first kappa shape index (κ1) is 15.7. The Morgan fingerprint density at radius 3 is 2.40 bits per heavy atom. The lowest BCUT2D eigenvalue weighted by molar-refractivity contribution is -0.138. The number of hydrogen-bond acceptors (Lipinski definition) is 2. The molecule has 1 atom stereocenters. The molecule has 1 N–H and O–H groups in total. The molecule has 1 aromatic rings. The Morgan fingerprint density at radius 2 is 1.85 bits per heavy atom. The van der Waals surface area contributed by atoms with Crippen molar-refractivity contribution in [3.63, 3.8) is 0 Å². The second-order valence-corrected chi connectivity index (χ2v) is 6.91. The van der Waals surface area contributed by atoms with E-state index in [0.717, 1.165) is 25.7 Å². The third kappa shape index (κ3) is 3.00. The smallest absolute Gasteiger partial charge is 0.123 e. The number of methoxy groups -OCH3 is 1. The Morgan fingerprint density at radius 1 is 1.25 bits per heavy atom. The van der Waals surface area contributed by atoms with Gasteiger partial charge in [-0.05, 0) is 49.3 Å². The van der Waals surface area contributed by atoms with Crippen LogP contribution < -0.4 is 0 Å². The van der Waals surface area contributed by atoms with E-state index in [-0.39, 0.29) is 5.41 Å². The van der Waals surface area contributed by atoms with Crippen LogP contribution in [0.25, 0.3) is 0 Å². The number of aliphatic hydroxyl groups excluding tert-OH is 1. The molecule has 1 saturated carbocycles. The molecule has 0 radical (unpaired) electrons. The van der Waals surface area contributed by atoms with E-state index in [1.54, 1.807) is 7.11 Å². The molecule has 0 spiro atoms. The second-order valence-electron chi connectivity index (χ2n) is 6.50. The van der Waals surface area contributed by atoms with Gasteiger partial charge in [-0.1, -0.05) is 25.4 Å². The largest absolute Gasteiger partial charge is 0.385 e. The number of hydrogen-bond donors (Lipinski definition) is 1. The zero-order valence-corrected chi connectivity index (χ0v) is 13.0. The monoisotopic (exact) mass is 300 g/mol. The van der Waals surface area contributed by atoms with E-state index in [9.17, 15) is 9.50 Å². The maximum atomic E-state index is 13.4. The van der Waals surface area contributed by atoms with Crippen molar-refractivity contribution < 1.29 is 14.2 Å². The van der Waals surface area contributed by atoms with Gasteiger partial charge in [0.1, 0.15) is 11.9 Å². The standard InChI is InChI=1S/C16H22ClFO2/c1-15(2)6-8-16(20-3,9-7-15)14(19)12-10-11(18)4-5-13(12)17/h4-5,10,14,19H,6-9H2,1-3H3. The third-order valence-corrected chi connectivity index (χ3v) is 4.95. The zero-order chi connectivity index (χ0) is 15.0. The van der Waals surface area contributed by atoms with E-state index in [1.807, 2.05) is 0 Å². The highest BCUT2D eigenvalue weighted by atomic mass is 35.5. The first-order valence-corrected chi connectivity index (χ1v) is 7.36. The van der Waals surface area contributed by atoms with Crippen LogP contribution in [-0.4, -0.2) is 17.8 Å². The van der Waals surface area contributed by atoms with Crippen molar-refractivity contribution in [3.05, 3.63) is 34.6 Å². The van der Waals surface area contributed by atoms with E-state index >= 15 is 0 Å². The predicted octanol–water partition coefficient (Wildman–Crippen LogP) is 4.50. The van der Waals surface area contributed by atoms with Crippen LogP contribution in [0.1, 0.15) is 51.2 Å². The van der Waals surface area contributed by atoms with Crippen LogP contribution in [0.5, 0.6) is 0 Å². The van der Waals surface area contributed by atoms with Gasteiger partial charge in [-0.15, -0.1) is 0 Å². The van der Waals surface area contributed by atoms with Crippen LogP contribution in [0.3, 0.4) is 0 Å². The summed E-state index contributed by atoms with van der Waals surface area (Å²) in [5.41, 5.74) is -0.00584. The molecular weight excluding hydrogens is 279 g/mol. The second kappa shape index (κ2) is 5.63. The van der Waals surface area contributed by atoms with Gasteiger partial charge in [0.15, 0.2) is 0 Å². The summed E-state index contributed by atoms with van der Waals surface area (Å²) in [6.07, 6.45) is 2.50. The molecule has 20 heavy (non-hydrogen) atoms. The average Bonchev–Trinajstić information content (AvgIpc) is 2.41. The number of halogens is 2.